The number of nitrogens with one attached hydrogen (secondary N) is 1. The molecule has 3 heterocycles. The Hall–Kier alpha value is -1.85. The molecule has 0 aliphatic carbocycles. The lowest BCUT2D eigenvalue weighted by atomic mass is 10.1. The lowest BCUT2D eigenvalue weighted by Crippen LogP contribution is -2.44. The normalized spacial score (nSPS) is 16.3. The molecule has 5 heteroatoms. The minimum Gasteiger partial charge on any atom is -0.360 e. The molecule has 1 aliphatic heterocycles. The highest BCUT2D eigenvalue weighted by Crippen LogP contribution is 2.33. The number of H-pyrrole nitrogens is 1. The summed E-state index contributed by atoms with van der Waals surface area (Å²) in [5.41, 5.74) is 4.91. The second-order valence-electron chi connectivity index (χ2n) is 6.20. The zero-order valence-electron chi connectivity index (χ0n) is 13.7. The number of hydrogen-bond acceptors (Lipinski definition) is 4. The van der Waals surface area contributed by atoms with E-state index in [0.29, 0.717) is 0 Å². The van der Waals surface area contributed by atoms with Crippen LogP contribution in [0.1, 0.15) is 12.5 Å². The zero-order chi connectivity index (χ0) is 15.8. The Kier molecular flexibility index (Phi) is 3.83. The molecule has 1 aliphatic rings. The lowest BCUT2D eigenvalue weighted by molar-refractivity contribution is 0.313. The Morgan fingerprint density at radius 3 is 2.83 bits per heavy atom. The molecule has 120 valence electrons. The number of para-hydroxylation sites is 1. The van der Waals surface area contributed by atoms with E-state index in [-0.39, 0.29) is 0 Å². The molecule has 0 amide bonds. The van der Waals surface area contributed by atoms with Crippen molar-refractivity contribution in [3.8, 4) is 11.3 Å². The molecule has 0 saturated carbocycles. The van der Waals surface area contributed by atoms with Gasteiger partial charge in [-0.3, -0.25) is 0 Å². The molecule has 1 N–H and O–H groups in total. The number of benzene rings is 1. The summed E-state index contributed by atoms with van der Waals surface area (Å²) < 4.78 is 0. The Balaban J connectivity index is 1.67. The van der Waals surface area contributed by atoms with E-state index in [4.69, 9.17) is 4.98 Å². The number of aromatic amines is 1. The topological polar surface area (TPSA) is 35.2 Å². The van der Waals surface area contributed by atoms with Crippen molar-refractivity contribution < 1.29 is 0 Å². The van der Waals surface area contributed by atoms with E-state index >= 15 is 0 Å². The number of anilines is 1. The maximum absolute atomic E-state index is 4.91. The van der Waals surface area contributed by atoms with E-state index in [0.717, 1.165) is 43.4 Å². The van der Waals surface area contributed by atoms with Gasteiger partial charge in [-0.1, -0.05) is 25.1 Å². The van der Waals surface area contributed by atoms with Crippen LogP contribution in [0.15, 0.2) is 29.8 Å². The molecule has 1 fully saturated rings. The third kappa shape index (κ3) is 2.64. The molecule has 1 saturated heterocycles. The smallest absolute Gasteiger partial charge is 0.185 e. The number of nitrogens with zero attached hydrogens (tertiary/aromatic N) is 3. The number of aromatic nitrogens is 2. The van der Waals surface area contributed by atoms with Crippen molar-refractivity contribution >= 4 is 27.4 Å². The van der Waals surface area contributed by atoms with Crippen molar-refractivity contribution in [2.45, 2.75) is 13.3 Å². The highest BCUT2D eigenvalue weighted by molar-refractivity contribution is 7.14. The van der Waals surface area contributed by atoms with Crippen molar-refractivity contribution in [1.82, 2.24) is 14.9 Å². The molecule has 4 nitrogen and oxygen atoms in total. The average molecular weight is 326 g/mol. The van der Waals surface area contributed by atoms with E-state index in [1.807, 2.05) is 0 Å². The summed E-state index contributed by atoms with van der Waals surface area (Å²) >= 11 is 1.76. The van der Waals surface area contributed by atoms with Gasteiger partial charge in [0.05, 0.1) is 5.69 Å². The van der Waals surface area contributed by atoms with Crippen molar-refractivity contribution in [3.63, 3.8) is 0 Å². The van der Waals surface area contributed by atoms with Crippen LogP contribution in [0, 0.1) is 0 Å². The predicted molar refractivity (Wildman–Crippen MR) is 98.5 cm³/mol. The molecule has 0 unspecified atom stereocenters. The van der Waals surface area contributed by atoms with Gasteiger partial charge < -0.3 is 14.8 Å². The van der Waals surface area contributed by atoms with Gasteiger partial charge in [0.2, 0.25) is 0 Å². The SMILES string of the molecule is CCc1cccc2c(-c3csc(N4CCN(C)CC4)n3)c[nH]c12. The number of thiazole rings is 1. The van der Waals surface area contributed by atoms with E-state index in [2.05, 4.69) is 58.5 Å². The molecule has 0 atom stereocenters. The quantitative estimate of drug-likeness (QED) is 0.798. The molecular weight excluding hydrogens is 304 g/mol. The van der Waals surface area contributed by atoms with Crippen LogP contribution in [0.2, 0.25) is 0 Å². The number of aryl methyl sites for hydroxylation is 1. The molecule has 3 aromatic rings. The number of fused-ring (bicyclic) bond motifs is 1. The molecule has 1 aromatic carbocycles. The first-order valence-corrected chi connectivity index (χ1v) is 9.12. The van der Waals surface area contributed by atoms with Crippen LogP contribution in [-0.2, 0) is 6.42 Å². The number of likely N-dealkylation sites (N-methyl/N-ethyl adjacent to an activating group) is 1. The second-order valence-corrected chi connectivity index (χ2v) is 7.04. The molecule has 23 heavy (non-hydrogen) atoms. The largest absolute Gasteiger partial charge is 0.360 e. The fraction of sp³-hybridized carbons (Fsp3) is 0.389. The molecule has 2 aromatic heterocycles. The molecule has 0 bridgehead atoms. The number of rotatable bonds is 3. The maximum atomic E-state index is 4.91. The van der Waals surface area contributed by atoms with Crippen LogP contribution in [0.4, 0.5) is 5.13 Å². The van der Waals surface area contributed by atoms with Crippen LogP contribution in [-0.4, -0.2) is 48.1 Å². The minimum atomic E-state index is 1.04. The standard InChI is InChI=1S/C18H22N4S/c1-3-13-5-4-6-14-15(11-19-17(13)14)16-12-23-18(20-16)22-9-7-21(2)8-10-22/h4-6,11-12,19H,3,7-10H2,1-2H3. The highest BCUT2D eigenvalue weighted by Gasteiger charge is 2.18. The predicted octanol–water partition coefficient (Wildman–Crippen LogP) is 3.61. The lowest BCUT2D eigenvalue weighted by Gasteiger charge is -2.32. The average Bonchev–Trinajstić information content (AvgIpc) is 3.21. The van der Waals surface area contributed by atoms with Gasteiger partial charge in [0.25, 0.3) is 0 Å². The second kappa shape index (κ2) is 5.98. The summed E-state index contributed by atoms with van der Waals surface area (Å²) in [6.45, 7) is 6.56. The Labute approximate surface area is 140 Å². The third-order valence-electron chi connectivity index (χ3n) is 4.72. The van der Waals surface area contributed by atoms with E-state index in [9.17, 15) is 0 Å². The van der Waals surface area contributed by atoms with E-state index in [1.54, 1.807) is 11.3 Å². The zero-order valence-corrected chi connectivity index (χ0v) is 14.5. The van der Waals surface area contributed by atoms with Crippen LogP contribution in [0.3, 0.4) is 0 Å². The summed E-state index contributed by atoms with van der Waals surface area (Å²) in [7, 11) is 2.18. The Bertz CT molecular complexity index is 811. The van der Waals surface area contributed by atoms with Gasteiger partial charge in [0.15, 0.2) is 5.13 Å². The van der Waals surface area contributed by atoms with Gasteiger partial charge >= 0.3 is 0 Å². The number of hydrogen-bond donors (Lipinski definition) is 1. The highest BCUT2D eigenvalue weighted by atomic mass is 32.1. The summed E-state index contributed by atoms with van der Waals surface area (Å²) in [5, 5.41) is 4.61. The third-order valence-corrected chi connectivity index (χ3v) is 5.63. The van der Waals surface area contributed by atoms with Crippen LogP contribution in [0.25, 0.3) is 22.2 Å². The first kappa shape index (κ1) is 14.7. The van der Waals surface area contributed by atoms with Gasteiger partial charge in [-0.25, -0.2) is 4.98 Å². The summed E-state index contributed by atoms with van der Waals surface area (Å²) in [4.78, 5) is 13.1. The van der Waals surface area contributed by atoms with Gasteiger partial charge in [-0.05, 0) is 19.0 Å². The Morgan fingerprint density at radius 2 is 2.04 bits per heavy atom. The van der Waals surface area contributed by atoms with Crippen molar-refractivity contribution in [3.05, 3.63) is 35.3 Å². The van der Waals surface area contributed by atoms with Crippen LogP contribution in [0.5, 0.6) is 0 Å². The summed E-state index contributed by atoms with van der Waals surface area (Å²) in [5.74, 6) is 0. The van der Waals surface area contributed by atoms with Gasteiger partial charge in [-0.2, -0.15) is 0 Å². The molecule has 0 spiro atoms. The fourth-order valence-electron chi connectivity index (χ4n) is 3.25. The Morgan fingerprint density at radius 1 is 1.22 bits per heavy atom. The van der Waals surface area contributed by atoms with Crippen molar-refractivity contribution in [1.29, 1.82) is 0 Å². The summed E-state index contributed by atoms with van der Waals surface area (Å²) in [6, 6.07) is 6.53. The number of piperazine rings is 1. The van der Waals surface area contributed by atoms with E-state index < -0.39 is 0 Å². The monoisotopic (exact) mass is 326 g/mol. The molecule has 0 radical (unpaired) electrons. The summed E-state index contributed by atoms with van der Waals surface area (Å²) in [6.07, 6.45) is 3.15. The molecular formula is C18H22N4S. The van der Waals surface area contributed by atoms with Gasteiger partial charge in [0, 0.05) is 54.2 Å². The van der Waals surface area contributed by atoms with Crippen molar-refractivity contribution in [2.75, 3.05) is 38.1 Å². The molecule has 4 rings (SSSR count). The first-order chi connectivity index (χ1) is 11.3. The maximum Gasteiger partial charge on any atom is 0.185 e. The van der Waals surface area contributed by atoms with Crippen molar-refractivity contribution in [2.24, 2.45) is 0 Å². The van der Waals surface area contributed by atoms with Gasteiger partial charge in [0.1, 0.15) is 0 Å². The van der Waals surface area contributed by atoms with Crippen LogP contribution >= 0.6 is 11.3 Å². The fourth-order valence-corrected chi connectivity index (χ4v) is 4.13. The van der Waals surface area contributed by atoms with Crippen LogP contribution < -0.4 is 4.90 Å². The first-order valence-electron chi connectivity index (χ1n) is 8.24. The van der Waals surface area contributed by atoms with E-state index in [1.165, 1.54) is 22.0 Å². The van der Waals surface area contributed by atoms with Gasteiger partial charge in [-0.15, -0.1) is 11.3 Å². The minimum absolute atomic E-state index is 1.04.